The maximum Gasteiger partial charge on any atom is 0.305 e. The normalized spacial score (nSPS) is 19.3. The Morgan fingerprint density at radius 3 is 1.45 bits per heavy atom. The van der Waals surface area contributed by atoms with E-state index in [2.05, 4.69) is 79.1 Å². The summed E-state index contributed by atoms with van der Waals surface area (Å²) in [7, 11) is 0. The smallest absolute Gasteiger partial charge is 0.305 e. The van der Waals surface area contributed by atoms with Crippen molar-refractivity contribution in [3.63, 3.8) is 0 Å². The van der Waals surface area contributed by atoms with Crippen molar-refractivity contribution in [3.05, 3.63) is 85.1 Å². The molecule has 0 aliphatic carbocycles. The van der Waals surface area contributed by atoms with Crippen molar-refractivity contribution < 1.29 is 49.3 Å². The molecule has 0 spiro atoms. The molecule has 0 radical (unpaired) electrons. The van der Waals surface area contributed by atoms with E-state index < -0.39 is 49.5 Å². The fourth-order valence-corrected chi connectivity index (χ4v) is 9.17. The van der Waals surface area contributed by atoms with Crippen LogP contribution in [0.3, 0.4) is 0 Å². The third-order valence-electron chi connectivity index (χ3n) is 14.0. The number of hydrogen-bond acceptors (Lipinski definition) is 10. The van der Waals surface area contributed by atoms with Gasteiger partial charge in [-0.15, -0.1) is 0 Å². The number of carbonyl (C=O) groups excluding carboxylic acids is 2. The van der Waals surface area contributed by atoms with Crippen LogP contribution < -0.4 is 5.32 Å². The molecule has 438 valence electrons. The molecule has 11 nitrogen and oxygen atoms in total. The zero-order valence-corrected chi connectivity index (χ0v) is 48.2. The summed E-state index contributed by atoms with van der Waals surface area (Å²) in [6.45, 7) is 3.94. The Balaban J connectivity index is 2.01. The summed E-state index contributed by atoms with van der Waals surface area (Å²) in [5, 5.41) is 54.1. The molecule has 1 amide bonds. The molecule has 76 heavy (non-hydrogen) atoms. The van der Waals surface area contributed by atoms with Crippen molar-refractivity contribution in [2.24, 2.45) is 0 Å². The zero-order chi connectivity index (χ0) is 55.2. The van der Waals surface area contributed by atoms with Crippen LogP contribution in [-0.4, -0.2) is 100 Å². The van der Waals surface area contributed by atoms with Crippen LogP contribution in [0.25, 0.3) is 0 Å². The number of nitrogens with one attached hydrogen (secondary N) is 1. The summed E-state index contributed by atoms with van der Waals surface area (Å²) >= 11 is 0. The highest BCUT2D eigenvalue weighted by atomic mass is 16.7. The molecule has 0 aromatic rings. The van der Waals surface area contributed by atoms with Gasteiger partial charge >= 0.3 is 5.97 Å². The standard InChI is InChI=1S/C65H113NO10/c1-3-5-7-9-11-13-14-15-16-17-24-27-30-33-37-41-45-49-53-61(70)74-54-50-46-42-38-34-31-28-25-22-20-18-19-21-23-26-29-32-36-40-44-48-52-60(69)66-57(58(68)51-47-43-39-35-12-10-8-6-4-2)56-75-65-64(73)63(72)62(71)59(55-67)76-65/h4,6,12-14,16-17,31,34-35,42,46-47,51,57-59,62-65,67-68,71-73H,3,5,7-11,15,18-30,32-33,36-41,43-45,48-50,52-56H2,1-2H3,(H,66,69)/b6-4+,14-13-,17-16-,34-31-,35-12+,46-42-,51-47+. The van der Waals surface area contributed by atoms with Crippen LogP contribution in [-0.2, 0) is 23.8 Å². The Labute approximate surface area is 463 Å². The third-order valence-corrected chi connectivity index (χ3v) is 14.0. The van der Waals surface area contributed by atoms with Gasteiger partial charge in [0.05, 0.1) is 32.0 Å². The second-order valence-electron chi connectivity index (χ2n) is 21.0. The van der Waals surface area contributed by atoms with Gasteiger partial charge in [0.25, 0.3) is 0 Å². The molecule has 7 atom stereocenters. The topological polar surface area (TPSA) is 175 Å². The highest BCUT2D eigenvalue weighted by Crippen LogP contribution is 2.23. The molecule has 1 rings (SSSR count). The molecule has 6 N–H and O–H groups in total. The lowest BCUT2D eigenvalue weighted by Gasteiger charge is -2.40. The lowest BCUT2D eigenvalue weighted by Crippen LogP contribution is -2.60. The van der Waals surface area contributed by atoms with Crippen molar-refractivity contribution in [1.29, 1.82) is 0 Å². The van der Waals surface area contributed by atoms with Crippen LogP contribution in [0.15, 0.2) is 85.1 Å². The molecule has 1 fully saturated rings. The summed E-state index contributed by atoms with van der Waals surface area (Å²) in [5.74, 6) is -0.264. The third kappa shape index (κ3) is 42.8. The molecule has 11 heteroatoms. The van der Waals surface area contributed by atoms with Crippen LogP contribution in [0, 0.1) is 0 Å². The number of unbranched alkanes of at least 4 members (excludes halogenated alkanes) is 27. The van der Waals surface area contributed by atoms with E-state index in [1.54, 1.807) is 6.08 Å². The first-order valence-electron chi connectivity index (χ1n) is 30.8. The second-order valence-corrected chi connectivity index (χ2v) is 21.0. The van der Waals surface area contributed by atoms with E-state index in [9.17, 15) is 35.1 Å². The Hall–Kier alpha value is -3.16. The van der Waals surface area contributed by atoms with Crippen molar-refractivity contribution in [2.75, 3.05) is 19.8 Å². The molecular weight excluding hydrogens is 955 g/mol. The number of aliphatic hydroxyl groups excluding tert-OH is 5. The van der Waals surface area contributed by atoms with Gasteiger partial charge in [-0.05, 0) is 103 Å². The lowest BCUT2D eigenvalue weighted by atomic mass is 9.99. The van der Waals surface area contributed by atoms with Gasteiger partial charge in [-0.1, -0.05) is 220 Å². The van der Waals surface area contributed by atoms with Gasteiger partial charge in [0.1, 0.15) is 24.4 Å². The average molecular weight is 1070 g/mol. The van der Waals surface area contributed by atoms with E-state index in [0.29, 0.717) is 25.9 Å². The first-order valence-corrected chi connectivity index (χ1v) is 30.8. The van der Waals surface area contributed by atoms with Gasteiger partial charge in [-0.25, -0.2) is 0 Å². The minimum absolute atomic E-state index is 0.0579. The van der Waals surface area contributed by atoms with Gasteiger partial charge in [0, 0.05) is 12.8 Å². The maximum absolute atomic E-state index is 13.0. The zero-order valence-electron chi connectivity index (χ0n) is 48.2. The molecule has 1 saturated heterocycles. The van der Waals surface area contributed by atoms with Crippen LogP contribution in [0.4, 0.5) is 0 Å². The van der Waals surface area contributed by atoms with Crippen LogP contribution in [0.1, 0.15) is 251 Å². The molecule has 1 aliphatic heterocycles. The first-order chi connectivity index (χ1) is 37.2. The van der Waals surface area contributed by atoms with Crippen molar-refractivity contribution in [2.45, 2.75) is 294 Å². The van der Waals surface area contributed by atoms with Crippen molar-refractivity contribution >= 4 is 11.9 Å². The first kappa shape index (κ1) is 70.9. The number of allylic oxidation sites excluding steroid dienone is 12. The Morgan fingerprint density at radius 1 is 0.513 bits per heavy atom. The quantitative estimate of drug-likeness (QED) is 0.0195. The molecule has 0 bridgehead atoms. The molecule has 7 unspecified atom stereocenters. The van der Waals surface area contributed by atoms with Crippen LogP contribution >= 0.6 is 0 Å². The minimum Gasteiger partial charge on any atom is -0.465 e. The van der Waals surface area contributed by atoms with E-state index in [1.807, 2.05) is 19.1 Å². The van der Waals surface area contributed by atoms with Gasteiger partial charge in [0.2, 0.25) is 5.91 Å². The SMILES string of the molecule is C/C=C/CC/C=C/CC/C=C/C(O)C(COC1OC(CO)C(O)C(O)C1O)NC(=O)CCCCCCCCCCCCCCCC/C=C\C/C=C\CCOC(=O)CCCCCCCCC/C=C\C/C=C\CCCCCC. The molecule has 1 aliphatic rings. The molecule has 0 aromatic carbocycles. The Bertz CT molecular complexity index is 1540. The lowest BCUT2D eigenvalue weighted by molar-refractivity contribution is -0.302. The van der Waals surface area contributed by atoms with E-state index in [1.165, 1.54) is 135 Å². The fourth-order valence-electron chi connectivity index (χ4n) is 9.17. The van der Waals surface area contributed by atoms with E-state index in [0.717, 1.165) is 83.5 Å². The van der Waals surface area contributed by atoms with Gasteiger partial charge in [0.15, 0.2) is 6.29 Å². The summed E-state index contributed by atoms with van der Waals surface area (Å²) in [6.07, 6.45) is 63.0. The molecule has 1 heterocycles. The predicted molar refractivity (Wildman–Crippen MR) is 315 cm³/mol. The molecular formula is C65H113NO10. The number of hydrogen-bond donors (Lipinski definition) is 6. The van der Waals surface area contributed by atoms with Crippen molar-refractivity contribution in [1.82, 2.24) is 5.32 Å². The van der Waals surface area contributed by atoms with Crippen LogP contribution in [0.5, 0.6) is 0 Å². The second kappa shape index (κ2) is 53.8. The number of carbonyl (C=O) groups is 2. The van der Waals surface area contributed by atoms with E-state index >= 15 is 0 Å². The Kier molecular flexibility index (Phi) is 50.2. The number of amides is 1. The predicted octanol–water partition coefficient (Wildman–Crippen LogP) is 14.6. The average Bonchev–Trinajstić information content (AvgIpc) is 3.42. The monoisotopic (exact) mass is 1070 g/mol. The number of aliphatic hydroxyl groups is 5. The van der Waals surface area contributed by atoms with Crippen molar-refractivity contribution in [3.8, 4) is 0 Å². The fraction of sp³-hybridized carbons (Fsp3) is 0.754. The largest absolute Gasteiger partial charge is 0.465 e. The summed E-state index contributed by atoms with van der Waals surface area (Å²) in [4.78, 5) is 25.1. The number of esters is 1. The number of rotatable bonds is 52. The van der Waals surface area contributed by atoms with Gasteiger partial charge < -0.3 is 45.1 Å². The molecule has 0 aromatic heterocycles. The van der Waals surface area contributed by atoms with Crippen LogP contribution in [0.2, 0.25) is 0 Å². The summed E-state index contributed by atoms with van der Waals surface area (Å²) in [6, 6.07) is -0.839. The Morgan fingerprint density at radius 2 is 0.947 bits per heavy atom. The maximum atomic E-state index is 13.0. The summed E-state index contributed by atoms with van der Waals surface area (Å²) in [5.41, 5.74) is 0. The summed E-state index contributed by atoms with van der Waals surface area (Å²) < 4.78 is 16.6. The van der Waals surface area contributed by atoms with E-state index in [4.69, 9.17) is 14.2 Å². The van der Waals surface area contributed by atoms with E-state index in [-0.39, 0.29) is 18.5 Å². The highest BCUT2D eigenvalue weighted by Gasteiger charge is 2.44. The highest BCUT2D eigenvalue weighted by molar-refractivity contribution is 5.76. The van der Waals surface area contributed by atoms with Gasteiger partial charge in [-0.2, -0.15) is 0 Å². The number of ether oxygens (including phenoxy) is 3. The minimum atomic E-state index is -1.58. The van der Waals surface area contributed by atoms with Gasteiger partial charge in [-0.3, -0.25) is 9.59 Å². The molecule has 0 saturated carbocycles.